The third-order valence-electron chi connectivity index (χ3n) is 9.32. The van der Waals surface area contributed by atoms with E-state index < -0.39 is 0 Å². The summed E-state index contributed by atoms with van der Waals surface area (Å²) in [5.41, 5.74) is 5.15. The van der Waals surface area contributed by atoms with Gasteiger partial charge in [-0.15, -0.1) is 0 Å². The number of para-hydroxylation sites is 2. The average Bonchev–Trinajstić information content (AvgIpc) is 3.12. The number of fused-ring (bicyclic) bond motifs is 2. The second-order valence-electron chi connectivity index (χ2n) is 12.3. The van der Waals surface area contributed by atoms with Crippen molar-refractivity contribution in [1.82, 2.24) is 19.8 Å². The first-order chi connectivity index (χ1) is 23.0. The SMILES string of the molecule is CC[C@H](NC(=O)c1c(CN2CCN(c3cc(C)c4ccccc4n3)CC2)n(-c2ccccc2)c(=O)c2ccccc12)c1ccccc1. The van der Waals surface area contributed by atoms with Crippen molar-refractivity contribution in [3.8, 4) is 5.69 Å². The highest BCUT2D eigenvalue weighted by Crippen LogP contribution is 2.28. The van der Waals surface area contributed by atoms with Crippen LogP contribution in [0.4, 0.5) is 5.82 Å². The fourth-order valence-corrected chi connectivity index (χ4v) is 6.83. The number of aromatic nitrogens is 2. The number of nitrogens with one attached hydrogen (secondary N) is 1. The Morgan fingerprint density at radius 3 is 2.11 bits per heavy atom. The molecule has 0 unspecified atom stereocenters. The number of hydrogen-bond acceptors (Lipinski definition) is 5. The maximum Gasteiger partial charge on any atom is 0.263 e. The minimum absolute atomic E-state index is 0.122. The molecule has 7 heteroatoms. The van der Waals surface area contributed by atoms with Gasteiger partial charge in [0.25, 0.3) is 11.5 Å². The molecule has 0 spiro atoms. The molecule has 1 saturated heterocycles. The van der Waals surface area contributed by atoms with E-state index in [2.05, 4.69) is 53.2 Å². The molecule has 47 heavy (non-hydrogen) atoms. The van der Waals surface area contributed by atoms with Gasteiger partial charge in [-0.2, -0.15) is 0 Å². The van der Waals surface area contributed by atoms with Crippen molar-refractivity contribution in [2.24, 2.45) is 0 Å². The second kappa shape index (κ2) is 13.2. The van der Waals surface area contributed by atoms with E-state index in [0.29, 0.717) is 28.6 Å². The molecule has 1 amide bonds. The maximum atomic E-state index is 14.5. The Balaban J connectivity index is 1.26. The number of anilines is 1. The summed E-state index contributed by atoms with van der Waals surface area (Å²) in [6.45, 7) is 7.80. The number of amides is 1. The molecule has 7 nitrogen and oxygen atoms in total. The topological polar surface area (TPSA) is 70.5 Å². The Morgan fingerprint density at radius 1 is 0.787 bits per heavy atom. The van der Waals surface area contributed by atoms with Gasteiger partial charge >= 0.3 is 0 Å². The number of rotatable bonds is 8. The van der Waals surface area contributed by atoms with Crippen LogP contribution in [0.2, 0.25) is 0 Å². The molecule has 6 aromatic rings. The molecule has 3 heterocycles. The lowest BCUT2D eigenvalue weighted by atomic mass is 9.99. The van der Waals surface area contributed by atoms with Crippen LogP contribution in [0, 0.1) is 6.92 Å². The van der Waals surface area contributed by atoms with Gasteiger partial charge in [-0.1, -0.05) is 91.9 Å². The molecular weight excluding hydrogens is 582 g/mol. The summed E-state index contributed by atoms with van der Waals surface area (Å²) in [5.74, 6) is 0.811. The average molecular weight is 622 g/mol. The normalized spacial score (nSPS) is 14.4. The van der Waals surface area contributed by atoms with Gasteiger partial charge < -0.3 is 10.2 Å². The molecule has 1 fully saturated rings. The molecule has 1 N–H and O–H groups in total. The van der Waals surface area contributed by atoms with Crippen LogP contribution in [0.25, 0.3) is 27.4 Å². The third-order valence-corrected chi connectivity index (χ3v) is 9.32. The number of piperazine rings is 1. The lowest BCUT2D eigenvalue weighted by Gasteiger charge is -2.36. The molecule has 2 aromatic heterocycles. The predicted octanol–water partition coefficient (Wildman–Crippen LogP) is 7.05. The van der Waals surface area contributed by atoms with Gasteiger partial charge in [-0.25, -0.2) is 4.98 Å². The first kappa shape index (κ1) is 30.4. The number of nitrogens with zero attached hydrogens (tertiary/aromatic N) is 4. The molecule has 0 bridgehead atoms. The predicted molar refractivity (Wildman–Crippen MR) is 190 cm³/mol. The molecule has 236 valence electrons. The fraction of sp³-hybridized carbons (Fsp3) is 0.225. The second-order valence-corrected chi connectivity index (χ2v) is 12.3. The largest absolute Gasteiger partial charge is 0.354 e. The van der Waals surface area contributed by atoms with Gasteiger partial charge in [-0.3, -0.25) is 19.1 Å². The Hall–Kier alpha value is -5.27. The summed E-state index contributed by atoms with van der Waals surface area (Å²) in [5, 5.41) is 5.70. The Morgan fingerprint density at radius 2 is 1.40 bits per heavy atom. The van der Waals surface area contributed by atoms with E-state index in [0.717, 1.165) is 55.2 Å². The van der Waals surface area contributed by atoms with Gasteiger partial charge in [0.05, 0.1) is 22.8 Å². The van der Waals surface area contributed by atoms with E-state index in [9.17, 15) is 9.59 Å². The minimum Gasteiger partial charge on any atom is -0.354 e. The quantitative estimate of drug-likeness (QED) is 0.197. The summed E-state index contributed by atoms with van der Waals surface area (Å²) in [7, 11) is 0. The Labute approximate surface area is 275 Å². The highest BCUT2D eigenvalue weighted by Gasteiger charge is 2.27. The van der Waals surface area contributed by atoms with Crippen molar-refractivity contribution in [3.05, 3.63) is 148 Å². The summed E-state index contributed by atoms with van der Waals surface area (Å²) in [6.07, 6.45) is 0.742. The van der Waals surface area contributed by atoms with E-state index in [1.807, 2.05) is 91.0 Å². The zero-order valence-corrected chi connectivity index (χ0v) is 26.9. The van der Waals surface area contributed by atoms with Gasteiger partial charge in [0, 0.05) is 54.6 Å². The highest BCUT2D eigenvalue weighted by molar-refractivity contribution is 6.08. The van der Waals surface area contributed by atoms with Crippen LogP contribution >= 0.6 is 0 Å². The number of benzene rings is 4. The van der Waals surface area contributed by atoms with Crippen LogP contribution in [0.3, 0.4) is 0 Å². The molecule has 0 radical (unpaired) electrons. The molecule has 1 aliphatic rings. The van der Waals surface area contributed by atoms with Crippen LogP contribution in [-0.4, -0.2) is 46.5 Å². The summed E-state index contributed by atoms with van der Waals surface area (Å²) in [4.78, 5) is 38.4. The van der Waals surface area contributed by atoms with Gasteiger partial charge in [0.2, 0.25) is 0 Å². The van der Waals surface area contributed by atoms with E-state index in [1.165, 1.54) is 10.9 Å². The van der Waals surface area contributed by atoms with Crippen LogP contribution in [-0.2, 0) is 6.54 Å². The smallest absolute Gasteiger partial charge is 0.263 e. The van der Waals surface area contributed by atoms with Gasteiger partial charge in [-0.05, 0) is 54.8 Å². The van der Waals surface area contributed by atoms with Gasteiger partial charge in [0.15, 0.2) is 0 Å². The van der Waals surface area contributed by atoms with E-state index in [1.54, 1.807) is 4.57 Å². The molecule has 7 rings (SSSR count). The molecule has 1 aliphatic heterocycles. The summed E-state index contributed by atoms with van der Waals surface area (Å²) < 4.78 is 1.75. The standard InChI is InChI=1S/C40H39N5O2/c1-3-34(29-14-6-4-7-15-29)42-39(46)38-32-19-10-11-20-33(32)40(47)45(30-16-8-5-9-17-30)36(38)27-43-22-24-44(25-23-43)37-26-28(2)31-18-12-13-21-35(31)41-37/h4-21,26,34H,3,22-25,27H2,1-2H3,(H,42,46)/t34-/m0/s1. The van der Waals surface area contributed by atoms with Crippen LogP contribution in [0.1, 0.15) is 46.6 Å². The third kappa shape index (κ3) is 6.02. The fourth-order valence-electron chi connectivity index (χ4n) is 6.83. The van der Waals surface area contributed by atoms with Crippen molar-refractivity contribution in [2.45, 2.75) is 32.9 Å². The monoisotopic (exact) mass is 621 g/mol. The number of hydrogen-bond donors (Lipinski definition) is 1. The van der Waals surface area contributed by atoms with Crippen LogP contribution in [0.15, 0.2) is 120 Å². The summed E-state index contributed by atoms with van der Waals surface area (Å²) in [6, 6.07) is 37.5. The first-order valence-corrected chi connectivity index (χ1v) is 16.4. The molecule has 0 saturated carbocycles. The van der Waals surface area contributed by atoms with Gasteiger partial charge in [0.1, 0.15) is 5.82 Å². The van der Waals surface area contributed by atoms with Crippen molar-refractivity contribution >= 4 is 33.4 Å². The van der Waals surface area contributed by atoms with Crippen molar-refractivity contribution in [3.63, 3.8) is 0 Å². The molecular formula is C40H39N5O2. The zero-order chi connectivity index (χ0) is 32.3. The van der Waals surface area contributed by atoms with E-state index >= 15 is 0 Å². The van der Waals surface area contributed by atoms with Crippen molar-refractivity contribution in [2.75, 3.05) is 31.1 Å². The van der Waals surface area contributed by atoms with Crippen LogP contribution < -0.4 is 15.8 Å². The van der Waals surface area contributed by atoms with Crippen molar-refractivity contribution in [1.29, 1.82) is 0 Å². The highest BCUT2D eigenvalue weighted by atomic mass is 16.2. The Kier molecular flexibility index (Phi) is 8.55. The number of pyridine rings is 2. The van der Waals surface area contributed by atoms with E-state index in [-0.39, 0.29) is 17.5 Å². The lowest BCUT2D eigenvalue weighted by molar-refractivity contribution is 0.0934. The molecule has 1 atom stereocenters. The van der Waals surface area contributed by atoms with Crippen LogP contribution in [0.5, 0.6) is 0 Å². The number of carbonyl (C=O) groups is 1. The van der Waals surface area contributed by atoms with Crippen molar-refractivity contribution < 1.29 is 4.79 Å². The number of carbonyl (C=O) groups excluding carboxylic acids is 1. The lowest BCUT2D eigenvalue weighted by Crippen LogP contribution is -2.47. The Bertz CT molecular complexity index is 2100. The maximum absolute atomic E-state index is 14.5. The minimum atomic E-state index is -0.175. The number of aryl methyl sites for hydroxylation is 1. The summed E-state index contributed by atoms with van der Waals surface area (Å²) >= 11 is 0. The van der Waals surface area contributed by atoms with E-state index in [4.69, 9.17) is 4.98 Å². The first-order valence-electron chi connectivity index (χ1n) is 16.4. The zero-order valence-electron chi connectivity index (χ0n) is 26.9. The molecule has 0 aliphatic carbocycles. The molecule has 4 aromatic carbocycles.